The van der Waals surface area contributed by atoms with E-state index in [0.29, 0.717) is 42.3 Å². The Kier molecular flexibility index (Phi) is 6.88. The molecule has 9 heteroatoms. The number of hydrogen-bond acceptors (Lipinski definition) is 8. The quantitative estimate of drug-likeness (QED) is 0.252. The van der Waals surface area contributed by atoms with E-state index in [1.54, 1.807) is 13.8 Å². The van der Waals surface area contributed by atoms with Crippen molar-refractivity contribution in [1.82, 2.24) is 19.9 Å². The molecule has 3 aromatic rings. The van der Waals surface area contributed by atoms with Crippen LogP contribution in [0.15, 0.2) is 29.3 Å². The van der Waals surface area contributed by atoms with Gasteiger partial charge >= 0.3 is 5.97 Å². The van der Waals surface area contributed by atoms with Crippen molar-refractivity contribution < 1.29 is 19.1 Å². The summed E-state index contributed by atoms with van der Waals surface area (Å²) in [6.07, 6.45) is 0. The highest BCUT2D eigenvalue weighted by Crippen LogP contribution is 2.27. The van der Waals surface area contributed by atoms with Gasteiger partial charge in [-0.05, 0) is 25.5 Å². The van der Waals surface area contributed by atoms with E-state index in [0.717, 1.165) is 34.8 Å². The number of para-hydroxylation sites is 1. The molecule has 0 aliphatic carbocycles. The second-order valence-electron chi connectivity index (χ2n) is 7.68. The number of morpholine rings is 1. The van der Waals surface area contributed by atoms with E-state index in [1.165, 1.54) is 18.9 Å². The maximum atomic E-state index is 13.0. The van der Waals surface area contributed by atoms with Crippen LogP contribution >= 0.6 is 11.8 Å². The van der Waals surface area contributed by atoms with Gasteiger partial charge in [0.25, 0.3) is 0 Å². The van der Waals surface area contributed by atoms with E-state index < -0.39 is 5.97 Å². The minimum atomic E-state index is -0.447. The van der Waals surface area contributed by atoms with Crippen LogP contribution < -0.4 is 0 Å². The molecule has 0 unspecified atom stereocenters. The Balaban J connectivity index is 1.56. The first-order chi connectivity index (χ1) is 15.5. The monoisotopic (exact) mass is 454 g/mol. The van der Waals surface area contributed by atoms with Gasteiger partial charge in [0.1, 0.15) is 10.9 Å². The van der Waals surface area contributed by atoms with Gasteiger partial charge in [-0.25, -0.2) is 14.8 Å². The predicted octanol–water partition coefficient (Wildman–Crippen LogP) is 3.17. The zero-order valence-corrected chi connectivity index (χ0v) is 19.3. The Morgan fingerprint density at radius 2 is 1.94 bits per heavy atom. The fourth-order valence-electron chi connectivity index (χ4n) is 3.88. The number of carbonyl (C=O) groups excluding carboxylic acids is 2. The zero-order chi connectivity index (χ0) is 22.7. The van der Waals surface area contributed by atoms with Crippen molar-refractivity contribution in [3.8, 4) is 0 Å². The van der Waals surface area contributed by atoms with Crippen LogP contribution in [0, 0.1) is 13.8 Å². The number of aromatic nitrogens is 3. The smallest absolute Gasteiger partial charge is 0.339 e. The summed E-state index contributed by atoms with van der Waals surface area (Å²) in [5, 5.41) is 1.70. The molecule has 0 radical (unpaired) electrons. The van der Waals surface area contributed by atoms with Crippen LogP contribution in [-0.2, 0) is 16.0 Å². The lowest BCUT2D eigenvalue weighted by Crippen LogP contribution is -2.36. The van der Waals surface area contributed by atoms with Crippen molar-refractivity contribution in [2.24, 2.45) is 0 Å². The summed E-state index contributed by atoms with van der Waals surface area (Å²) >= 11 is 1.39. The van der Waals surface area contributed by atoms with Crippen LogP contribution in [0.4, 0.5) is 0 Å². The predicted molar refractivity (Wildman–Crippen MR) is 122 cm³/mol. The van der Waals surface area contributed by atoms with Crippen molar-refractivity contribution >= 4 is 34.4 Å². The van der Waals surface area contributed by atoms with Gasteiger partial charge in [0.05, 0.1) is 49.4 Å². The normalized spacial score (nSPS) is 14.6. The number of nitrogens with one attached hydrogen (secondary N) is 1. The average Bonchev–Trinajstić information content (AvgIpc) is 3.11. The standard InChI is InChI=1S/C23H26N4O4S/c1-14-20(23(29)30-3)15(2)24-21(14)18(28)13-32-22-16-6-4-5-7-17(16)25-19(26-22)12-27-8-10-31-11-9-27/h4-7,24H,8-13H2,1-3H3. The molecule has 0 spiro atoms. The summed E-state index contributed by atoms with van der Waals surface area (Å²) in [4.78, 5) is 39.8. The van der Waals surface area contributed by atoms with Crippen molar-refractivity contribution in [3.63, 3.8) is 0 Å². The molecule has 3 heterocycles. The number of aromatic amines is 1. The molecule has 0 atom stereocenters. The second-order valence-corrected chi connectivity index (χ2v) is 8.64. The third kappa shape index (κ3) is 4.69. The van der Waals surface area contributed by atoms with Crippen LogP contribution in [0.3, 0.4) is 0 Å². The van der Waals surface area contributed by atoms with Crippen LogP contribution in [0.5, 0.6) is 0 Å². The lowest BCUT2D eigenvalue weighted by molar-refractivity contribution is 0.0330. The number of aryl methyl sites for hydroxylation is 1. The highest BCUT2D eigenvalue weighted by atomic mass is 32.2. The Hall–Kier alpha value is -2.75. The Bertz CT molecular complexity index is 1150. The summed E-state index contributed by atoms with van der Waals surface area (Å²) in [5.41, 5.74) is 2.95. The molecule has 32 heavy (non-hydrogen) atoms. The molecule has 0 amide bonds. The van der Waals surface area contributed by atoms with Crippen molar-refractivity contribution in [1.29, 1.82) is 0 Å². The summed E-state index contributed by atoms with van der Waals surface area (Å²) in [7, 11) is 1.33. The van der Waals surface area contributed by atoms with E-state index in [4.69, 9.17) is 19.4 Å². The number of ether oxygens (including phenoxy) is 2. The third-order valence-corrected chi connectivity index (χ3v) is 6.52. The van der Waals surface area contributed by atoms with Gasteiger partial charge in [-0.3, -0.25) is 9.69 Å². The van der Waals surface area contributed by atoms with E-state index >= 15 is 0 Å². The molecular formula is C23H26N4O4S. The first-order valence-electron chi connectivity index (χ1n) is 10.5. The molecule has 4 rings (SSSR count). The van der Waals surface area contributed by atoms with Crippen molar-refractivity contribution in [2.75, 3.05) is 39.2 Å². The summed E-state index contributed by atoms with van der Waals surface area (Å²) in [6.45, 7) is 7.30. The summed E-state index contributed by atoms with van der Waals surface area (Å²) < 4.78 is 10.3. The fraction of sp³-hybridized carbons (Fsp3) is 0.391. The minimum Gasteiger partial charge on any atom is -0.465 e. The molecule has 1 saturated heterocycles. The van der Waals surface area contributed by atoms with E-state index in [-0.39, 0.29) is 11.5 Å². The van der Waals surface area contributed by atoms with Gasteiger partial charge < -0.3 is 14.5 Å². The van der Waals surface area contributed by atoms with Crippen LogP contribution in [-0.4, -0.2) is 70.8 Å². The molecule has 0 bridgehead atoms. The largest absolute Gasteiger partial charge is 0.465 e. The van der Waals surface area contributed by atoms with Gasteiger partial charge in [0.15, 0.2) is 5.78 Å². The summed E-state index contributed by atoms with van der Waals surface area (Å²) in [5.74, 6) is 0.389. The lowest BCUT2D eigenvalue weighted by atomic mass is 10.1. The SMILES string of the molecule is COC(=O)c1c(C)[nH]c(C(=O)CSc2nc(CN3CCOCC3)nc3ccccc23)c1C. The van der Waals surface area contributed by atoms with Gasteiger partial charge in [0.2, 0.25) is 0 Å². The molecular weight excluding hydrogens is 428 g/mol. The number of nitrogens with zero attached hydrogens (tertiary/aromatic N) is 3. The third-order valence-electron chi connectivity index (χ3n) is 5.53. The number of rotatable bonds is 7. The Labute approximate surface area is 190 Å². The van der Waals surface area contributed by atoms with Gasteiger partial charge in [-0.15, -0.1) is 0 Å². The number of fused-ring (bicyclic) bond motifs is 1. The number of carbonyl (C=O) groups is 2. The first-order valence-corrected chi connectivity index (χ1v) is 11.5. The Morgan fingerprint density at radius 1 is 1.19 bits per heavy atom. The van der Waals surface area contributed by atoms with E-state index in [9.17, 15) is 9.59 Å². The highest BCUT2D eigenvalue weighted by Gasteiger charge is 2.23. The van der Waals surface area contributed by atoms with Crippen LogP contribution in [0.25, 0.3) is 10.9 Å². The van der Waals surface area contributed by atoms with Gasteiger partial charge in [-0.1, -0.05) is 30.0 Å². The number of ketones is 1. The van der Waals surface area contributed by atoms with E-state index in [1.807, 2.05) is 24.3 Å². The Morgan fingerprint density at radius 3 is 2.69 bits per heavy atom. The lowest BCUT2D eigenvalue weighted by Gasteiger charge is -2.25. The molecule has 1 aromatic carbocycles. The number of hydrogen-bond donors (Lipinski definition) is 1. The van der Waals surface area contributed by atoms with Crippen molar-refractivity contribution in [2.45, 2.75) is 25.4 Å². The molecule has 1 fully saturated rings. The maximum absolute atomic E-state index is 13.0. The summed E-state index contributed by atoms with van der Waals surface area (Å²) in [6, 6.07) is 7.83. The molecule has 8 nitrogen and oxygen atoms in total. The highest BCUT2D eigenvalue weighted by molar-refractivity contribution is 8.00. The molecule has 168 valence electrons. The second kappa shape index (κ2) is 9.81. The topological polar surface area (TPSA) is 97.4 Å². The number of thioether (sulfide) groups is 1. The van der Waals surface area contributed by atoms with Gasteiger partial charge in [-0.2, -0.15) is 0 Å². The minimum absolute atomic E-state index is 0.0943. The molecule has 2 aromatic heterocycles. The van der Waals surface area contributed by atoms with Crippen molar-refractivity contribution in [3.05, 3.63) is 52.6 Å². The van der Waals surface area contributed by atoms with Crippen LogP contribution in [0.2, 0.25) is 0 Å². The number of esters is 1. The number of H-pyrrole nitrogens is 1. The first kappa shape index (κ1) is 22.4. The van der Waals surface area contributed by atoms with E-state index in [2.05, 4.69) is 9.88 Å². The molecule has 0 saturated carbocycles. The number of methoxy groups -OCH3 is 1. The number of Topliss-reactive ketones (excluding diaryl/α,β-unsaturated/α-hetero) is 1. The molecule has 1 aliphatic heterocycles. The van der Waals surface area contributed by atoms with Gasteiger partial charge in [0, 0.05) is 24.2 Å². The average molecular weight is 455 g/mol. The molecule has 1 aliphatic rings. The maximum Gasteiger partial charge on any atom is 0.339 e. The van der Waals surface area contributed by atoms with Crippen LogP contribution in [0.1, 0.15) is 37.9 Å². The fourth-order valence-corrected chi connectivity index (χ4v) is 4.79. The zero-order valence-electron chi connectivity index (χ0n) is 18.4. The molecule has 1 N–H and O–H groups in total. The number of benzene rings is 1.